The first kappa shape index (κ1) is 9.25. The summed E-state index contributed by atoms with van der Waals surface area (Å²) >= 11 is 0. The maximum absolute atomic E-state index is 10.2. The van der Waals surface area contributed by atoms with Gasteiger partial charge in [-0.3, -0.25) is 4.79 Å². The molecule has 0 aromatic heterocycles. The van der Waals surface area contributed by atoms with Gasteiger partial charge in [0.2, 0.25) is 6.41 Å². The largest absolute Gasteiger partial charge is 0.329 e. The van der Waals surface area contributed by atoms with Gasteiger partial charge in [0, 0.05) is 5.69 Å². The highest BCUT2D eigenvalue weighted by Gasteiger charge is 2.36. The Bertz CT molecular complexity index is 318. The van der Waals surface area contributed by atoms with Crippen LogP contribution in [-0.4, -0.2) is 6.41 Å². The zero-order chi connectivity index (χ0) is 9.97. The van der Waals surface area contributed by atoms with Gasteiger partial charge in [0.15, 0.2) is 0 Å². The van der Waals surface area contributed by atoms with Gasteiger partial charge in [-0.15, -0.1) is 0 Å². The van der Waals surface area contributed by atoms with Gasteiger partial charge >= 0.3 is 0 Å². The van der Waals surface area contributed by atoms with E-state index in [-0.39, 0.29) is 0 Å². The summed E-state index contributed by atoms with van der Waals surface area (Å²) in [4.78, 5) is 10.2. The Labute approximate surface area is 84.3 Å². The van der Waals surface area contributed by atoms with Crippen molar-refractivity contribution in [2.75, 3.05) is 5.32 Å². The predicted octanol–water partition coefficient (Wildman–Crippen LogP) is 2.77. The van der Waals surface area contributed by atoms with E-state index in [2.05, 4.69) is 24.4 Å². The Morgan fingerprint density at radius 2 is 2.14 bits per heavy atom. The summed E-state index contributed by atoms with van der Waals surface area (Å²) in [5.41, 5.74) is 2.28. The van der Waals surface area contributed by atoms with Crippen molar-refractivity contribution in [3.63, 3.8) is 0 Å². The maximum Gasteiger partial charge on any atom is 0.211 e. The highest BCUT2D eigenvalue weighted by atomic mass is 16.1. The molecule has 0 radical (unpaired) electrons. The van der Waals surface area contributed by atoms with E-state index >= 15 is 0 Å². The van der Waals surface area contributed by atoms with Gasteiger partial charge in [0.05, 0.1) is 0 Å². The predicted molar refractivity (Wildman–Crippen MR) is 57.3 cm³/mol. The van der Waals surface area contributed by atoms with Crippen molar-refractivity contribution < 1.29 is 4.79 Å². The summed E-state index contributed by atoms with van der Waals surface area (Å²) in [5, 5.41) is 2.64. The average molecular weight is 189 g/mol. The molecular weight excluding hydrogens is 174 g/mol. The number of hydrogen-bond donors (Lipinski definition) is 1. The second-order valence-electron chi connectivity index (χ2n) is 3.89. The van der Waals surface area contributed by atoms with Gasteiger partial charge in [0.25, 0.3) is 0 Å². The lowest BCUT2D eigenvalue weighted by molar-refractivity contribution is -0.105. The molecule has 1 amide bonds. The minimum Gasteiger partial charge on any atom is -0.329 e. The molecular formula is C12H15NO. The van der Waals surface area contributed by atoms with Crippen LogP contribution in [0.1, 0.15) is 31.2 Å². The standard InChI is InChI=1S/C12H15NO/c1-2-9-7-12(9)10-3-5-11(6-4-10)13-8-14/h3-6,8-9,12H,2,7H2,1H3,(H,13,14). The van der Waals surface area contributed by atoms with Crippen LogP contribution in [-0.2, 0) is 4.79 Å². The van der Waals surface area contributed by atoms with Crippen molar-refractivity contribution in [1.82, 2.24) is 0 Å². The smallest absolute Gasteiger partial charge is 0.211 e. The summed E-state index contributed by atoms with van der Waals surface area (Å²) in [7, 11) is 0. The summed E-state index contributed by atoms with van der Waals surface area (Å²) in [6.07, 6.45) is 3.32. The molecule has 2 unspecified atom stereocenters. The van der Waals surface area contributed by atoms with Crippen molar-refractivity contribution in [2.45, 2.75) is 25.7 Å². The molecule has 1 aliphatic carbocycles. The van der Waals surface area contributed by atoms with Crippen molar-refractivity contribution in [2.24, 2.45) is 5.92 Å². The van der Waals surface area contributed by atoms with Crippen molar-refractivity contribution in [3.8, 4) is 0 Å². The Morgan fingerprint density at radius 1 is 1.43 bits per heavy atom. The lowest BCUT2D eigenvalue weighted by Gasteiger charge is -2.01. The van der Waals surface area contributed by atoms with Crippen LogP contribution >= 0.6 is 0 Å². The van der Waals surface area contributed by atoms with E-state index in [1.54, 1.807) is 0 Å². The van der Waals surface area contributed by atoms with E-state index < -0.39 is 0 Å². The first-order chi connectivity index (χ1) is 6.85. The van der Waals surface area contributed by atoms with Gasteiger partial charge in [-0.25, -0.2) is 0 Å². The molecule has 1 saturated carbocycles. The Hall–Kier alpha value is -1.31. The number of anilines is 1. The molecule has 0 saturated heterocycles. The molecule has 0 heterocycles. The van der Waals surface area contributed by atoms with Crippen LogP contribution in [0.2, 0.25) is 0 Å². The Kier molecular flexibility index (Phi) is 2.53. The van der Waals surface area contributed by atoms with Crippen LogP contribution in [0.15, 0.2) is 24.3 Å². The van der Waals surface area contributed by atoms with Crippen LogP contribution < -0.4 is 5.32 Å². The Morgan fingerprint density at radius 3 is 2.64 bits per heavy atom. The van der Waals surface area contributed by atoms with Gasteiger partial charge in [0.1, 0.15) is 0 Å². The number of hydrogen-bond acceptors (Lipinski definition) is 1. The number of benzene rings is 1. The van der Waals surface area contributed by atoms with Crippen LogP contribution in [0.3, 0.4) is 0 Å². The molecule has 0 bridgehead atoms. The number of carbonyl (C=O) groups excluding carboxylic acids is 1. The zero-order valence-corrected chi connectivity index (χ0v) is 8.36. The van der Waals surface area contributed by atoms with Crippen molar-refractivity contribution in [3.05, 3.63) is 29.8 Å². The van der Waals surface area contributed by atoms with Gasteiger partial charge in [-0.1, -0.05) is 25.5 Å². The first-order valence-electron chi connectivity index (χ1n) is 5.15. The SMILES string of the molecule is CCC1CC1c1ccc(NC=O)cc1. The second-order valence-corrected chi connectivity index (χ2v) is 3.89. The molecule has 2 rings (SSSR count). The lowest BCUT2D eigenvalue weighted by Crippen LogP contribution is -1.93. The number of rotatable bonds is 4. The second kappa shape index (κ2) is 3.82. The van der Waals surface area contributed by atoms with Gasteiger partial charge in [-0.05, 0) is 36.0 Å². The van der Waals surface area contributed by atoms with Gasteiger partial charge < -0.3 is 5.32 Å². The fraction of sp³-hybridized carbons (Fsp3) is 0.417. The molecule has 1 aromatic rings. The summed E-state index contributed by atoms with van der Waals surface area (Å²) in [6.45, 7) is 2.24. The quantitative estimate of drug-likeness (QED) is 0.725. The van der Waals surface area contributed by atoms with E-state index in [0.29, 0.717) is 6.41 Å². The zero-order valence-electron chi connectivity index (χ0n) is 8.36. The molecule has 1 aliphatic rings. The third-order valence-electron chi connectivity index (χ3n) is 3.01. The topological polar surface area (TPSA) is 29.1 Å². The van der Waals surface area contributed by atoms with E-state index in [4.69, 9.17) is 0 Å². The molecule has 1 N–H and O–H groups in total. The molecule has 0 aliphatic heterocycles. The van der Waals surface area contributed by atoms with Crippen molar-refractivity contribution in [1.29, 1.82) is 0 Å². The minimum absolute atomic E-state index is 0.709. The fourth-order valence-corrected chi connectivity index (χ4v) is 2.00. The summed E-state index contributed by atoms with van der Waals surface area (Å²) in [6, 6.07) is 8.17. The molecule has 0 spiro atoms. The maximum atomic E-state index is 10.2. The van der Waals surface area contributed by atoms with Gasteiger partial charge in [-0.2, -0.15) is 0 Å². The van der Waals surface area contributed by atoms with Crippen molar-refractivity contribution >= 4 is 12.1 Å². The molecule has 1 fully saturated rings. The monoisotopic (exact) mass is 189 g/mol. The molecule has 2 heteroatoms. The van der Waals surface area contributed by atoms with E-state index in [1.165, 1.54) is 18.4 Å². The normalized spacial score (nSPS) is 24.4. The van der Waals surface area contributed by atoms with E-state index in [1.807, 2.05) is 12.1 Å². The van der Waals surface area contributed by atoms with Crippen LogP contribution in [0.5, 0.6) is 0 Å². The minimum atomic E-state index is 0.709. The van der Waals surface area contributed by atoms with E-state index in [0.717, 1.165) is 17.5 Å². The summed E-state index contributed by atoms with van der Waals surface area (Å²) in [5.74, 6) is 1.66. The molecule has 2 nitrogen and oxygen atoms in total. The van der Waals surface area contributed by atoms with Crippen LogP contribution in [0.4, 0.5) is 5.69 Å². The number of amides is 1. The van der Waals surface area contributed by atoms with E-state index in [9.17, 15) is 4.79 Å². The highest BCUT2D eigenvalue weighted by molar-refractivity contribution is 5.71. The lowest BCUT2D eigenvalue weighted by atomic mass is 10.1. The highest BCUT2D eigenvalue weighted by Crippen LogP contribution is 2.49. The van der Waals surface area contributed by atoms with Crippen LogP contribution in [0, 0.1) is 5.92 Å². The molecule has 14 heavy (non-hydrogen) atoms. The third-order valence-corrected chi connectivity index (χ3v) is 3.01. The molecule has 1 aromatic carbocycles. The fourth-order valence-electron chi connectivity index (χ4n) is 2.00. The number of carbonyl (C=O) groups is 1. The third kappa shape index (κ3) is 1.79. The molecule has 74 valence electrons. The molecule has 2 atom stereocenters. The average Bonchev–Trinajstić information content (AvgIpc) is 2.99. The number of nitrogens with one attached hydrogen (secondary N) is 1. The first-order valence-corrected chi connectivity index (χ1v) is 5.15. The Balaban J connectivity index is 2.04. The van der Waals surface area contributed by atoms with Crippen LogP contribution in [0.25, 0.3) is 0 Å². The summed E-state index contributed by atoms with van der Waals surface area (Å²) < 4.78 is 0.